The second-order valence-electron chi connectivity index (χ2n) is 4.64. The molecule has 0 saturated carbocycles. The first-order chi connectivity index (χ1) is 10.7. The van der Waals surface area contributed by atoms with E-state index >= 15 is 0 Å². The van der Waals surface area contributed by atoms with Gasteiger partial charge in [-0.3, -0.25) is 4.79 Å². The molecule has 1 aliphatic rings. The molecule has 0 aliphatic carbocycles. The first-order valence-corrected chi connectivity index (χ1v) is 6.66. The van der Waals surface area contributed by atoms with Gasteiger partial charge in [-0.05, 0) is 35.9 Å². The number of rotatable bonds is 3. The van der Waals surface area contributed by atoms with Crippen LogP contribution < -0.4 is 9.80 Å². The van der Waals surface area contributed by atoms with Crippen molar-refractivity contribution in [2.24, 2.45) is 0 Å². The number of nitrogens with zero attached hydrogens (tertiary/aromatic N) is 1. The van der Waals surface area contributed by atoms with Crippen LogP contribution in [-0.2, 0) is 14.4 Å². The molecular weight excluding hydrogens is 282 g/mol. The van der Waals surface area contributed by atoms with Gasteiger partial charge in [0, 0.05) is 0 Å². The van der Waals surface area contributed by atoms with Crippen LogP contribution in [0.25, 0.3) is 6.08 Å². The van der Waals surface area contributed by atoms with Crippen LogP contribution in [0.5, 0.6) is 5.75 Å². The summed E-state index contributed by atoms with van der Waals surface area (Å²) in [6.07, 6.45) is 1.51. The van der Waals surface area contributed by atoms with E-state index in [2.05, 4.69) is 0 Å². The molecule has 1 aliphatic heterocycles. The van der Waals surface area contributed by atoms with Gasteiger partial charge in [0.2, 0.25) is 0 Å². The summed E-state index contributed by atoms with van der Waals surface area (Å²) >= 11 is 0. The molecule has 0 unspecified atom stereocenters. The largest absolute Gasteiger partial charge is 0.497 e. The molecule has 0 atom stereocenters. The lowest BCUT2D eigenvalue weighted by Gasteiger charge is -2.11. The van der Waals surface area contributed by atoms with Gasteiger partial charge in [0.25, 0.3) is 5.91 Å². The van der Waals surface area contributed by atoms with E-state index < -0.39 is 11.9 Å². The molecule has 110 valence electrons. The maximum atomic E-state index is 12.3. The predicted molar refractivity (Wildman–Crippen MR) is 81.0 cm³/mol. The number of methoxy groups -OCH3 is 1. The van der Waals surface area contributed by atoms with Crippen molar-refractivity contribution in [2.45, 2.75) is 0 Å². The van der Waals surface area contributed by atoms with Gasteiger partial charge in [-0.15, -0.1) is 5.06 Å². The van der Waals surface area contributed by atoms with Gasteiger partial charge in [-0.2, -0.15) is 0 Å². The highest BCUT2D eigenvalue weighted by molar-refractivity contribution is 6.28. The molecule has 1 fully saturated rings. The van der Waals surface area contributed by atoms with Crippen molar-refractivity contribution in [3.63, 3.8) is 0 Å². The number of hydroxylamine groups is 1. The van der Waals surface area contributed by atoms with Gasteiger partial charge in [0.05, 0.1) is 12.8 Å². The Hall–Kier alpha value is -3.08. The van der Waals surface area contributed by atoms with E-state index in [1.54, 1.807) is 55.6 Å². The second-order valence-corrected chi connectivity index (χ2v) is 4.64. The van der Waals surface area contributed by atoms with Crippen molar-refractivity contribution in [1.29, 1.82) is 0 Å². The third kappa shape index (κ3) is 2.56. The monoisotopic (exact) mass is 295 g/mol. The molecule has 1 heterocycles. The molecule has 2 aromatic carbocycles. The molecule has 0 aromatic heterocycles. The molecule has 0 N–H and O–H groups in total. The normalized spacial score (nSPS) is 16.0. The second kappa shape index (κ2) is 5.73. The van der Waals surface area contributed by atoms with Crippen LogP contribution in [0.15, 0.2) is 60.2 Å². The number of ether oxygens (including phenoxy) is 1. The number of benzene rings is 2. The number of hydrogen-bond acceptors (Lipinski definition) is 4. The fourth-order valence-corrected chi connectivity index (χ4v) is 2.09. The van der Waals surface area contributed by atoms with Crippen LogP contribution in [0, 0.1) is 0 Å². The number of amides is 1. The van der Waals surface area contributed by atoms with E-state index in [0.717, 1.165) is 10.6 Å². The molecule has 22 heavy (non-hydrogen) atoms. The smallest absolute Gasteiger partial charge is 0.369 e. The third-order valence-electron chi connectivity index (χ3n) is 3.23. The SMILES string of the molecule is COc1ccc(C=C2C(=O)ON(c3ccccc3)C2=O)cc1. The average Bonchev–Trinajstić information content (AvgIpc) is 2.84. The Morgan fingerprint density at radius 1 is 1.00 bits per heavy atom. The summed E-state index contributed by atoms with van der Waals surface area (Å²) in [7, 11) is 1.57. The molecule has 0 radical (unpaired) electrons. The van der Waals surface area contributed by atoms with E-state index in [0.29, 0.717) is 11.4 Å². The Labute approximate surface area is 127 Å². The molecule has 1 amide bonds. The quantitative estimate of drug-likeness (QED) is 0.645. The minimum atomic E-state index is -0.662. The highest BCUT2D eigenvalue weighted by atomic mass is 16.7. The summed E-state index contributed by atoms with van der Waals surface area (Å²) in [5, 5.41) is 0.998. The van der Waals surface area contributed by atoms with Gasteiger partial charge in [-0.25, -0.2) is 4.79 Å². The minimum absolute atomic E-state index is 0.00554. The van der Waals surface area contributed by atoms with Crippen LogP contribution in [0.3, 0.4) is 0 Å². The maximum absolute atomic E-state index is 12.3. The van der Waals surface area contributed by atoms with Crippen LogP contribution in [0.4, 0.5) is 5.69 Å². The Bertz CT molecular complexity index is 735. The summed E-state index contributed by atoms with van der Waals surface area (Å²) in [6, 6.07) is 15.8. The Kier molecular flexibility index (Phi) is 3.62. The average molecular weight is 295 g/mol. The van der Waals surface area contributed by atoms with Crippen LogP contribution in [-0.4, -0.2) is 19.0 Å². The lowest BCUT2D eigenvalue weighted by atomic mass is 10.1. The van der Waals surface area contributed by atoms with E-state index in [4.69, 9.17) is 9.57 Å². The molecule has 3 rings (SSSR count). The van der Waals surface area contributed by atoms with Crippen LogP contribution in [0.2, 0.25) is 0 Å². The van der Waals surface area contributed by atoms with E-state index in [1.165, 1.54) is 6.08 Å². The predicted octanol–water partition coefficient (Wildman–Crippen LogP) is 2.58. The zero-order valence-electron chi connectivity index (χ0n) is 11.9. The first-order valence-electron chi connectivity index (χ1n) is 6.66. The molecule has 5 nitrogen and oxygen atoms in total. The number of carbonyl (C=O) groups excluding carboxylic acids is 2. The first kappa shape index (κ1) is 13.9. The molecule has 0 spiro atoms. The van der Waals surface area contributed by atoms with Crippen molar-refractivity contribution >= 4 is 23.6 Å². The standard InChI is InChI=1S/C17H13NO4/c1-21-14-9-7-12(8-10-14)11-15-16(19)18(22-17(15)20)13-5-3-2-4-6-13/h2-11H,1H3. The van der Waals surface area contributed by atoms with E-state index in [1.807, 2.05) is 6.07 Å². The highest BCUT2D eigenvalue weighted by Gasteiger charge is 2.37. The van der Waals surface area contributed by atoms with Gasteiger partial charge < -0.3 is 9.57 Å². The maximum Gasteiger partial charge on any atom is 0.369 e. The van der Waals surface area contributed by atoms with Crippen molar-refractivity contribution in [1.82, 2.24) is 0 Å². The highest BCUT2D eigenvalue weighted by Crippen LogP contribution is 2.25. The topological polar surface area (TPSA) is 55.8 Å². The molecule has 1 saturated heterocycles. The fourth-order valence-electron chi connectivity index (χ4n) is 2.09. The summed E-state index contributed by atoms with van der Waals surface area (Å²) < 4.78 is 5.07. The third-order valence-corrected chi connectivity index (χ3v) is 3.23. The number of anilines is 1. The van der Waals surface area contributed by atoms with E-state index in [9.17, 15) is 9.59 Å². The van der Waals surface area contributed by atoms with Crippen molar-refractivity contribution in [3.05, 3.63) is 65.7 Å². The van der Waals surface area contributed by atoms with Gasteiger partial charge in [0.1, 0.15) is 11.3 Å². The van der Waals surface area contributed by atoms with Gasteiger partial charge in [-0.1, -0.05) is 30.3 Å². The van der Waals surface area contributed by atoms with Crippen molar-refractivity contribution < 1.29 is 19.2 Å². The molecular formula is C17H13NO4. The van der Waals surface area contributed by atoms with Crippen molar-refractivity contribution in [2.75, 3.05) is 12.2 Å². The summed E-state index contributed by atoms with van der Waals surface area (Å²) in [4.78, 5) is 29.3. The fraction of sp³-hybridized carbons (Fsp3) is 0.0588. The molecule has 0 bridgehead atoms. The molecule has 5 heteroatoms. The van der Waals surface area contributed by atoms with Crippen molar-refractivity contribution in [3.8, 4) is 5.75 Å². The number of para-hydroxylation sites is 1. The number of hydrogen-bond donors (Lipinski definition) is 0. The number of carbonyl (C=O) groups is 2. The Balaban J connectivity index is 1.89. The summed E-state index contributed by atoms with van der Waals surface area (Å²) in [6.45, 7) is 0. The van der Waals surface area contributed by atoms with Gasteiger partial charge >= 0.3 is 5.97 Å². The lowest BCUT2D eigenvalue weighted by Crippen LogP contribution is -2.22. The zero-order chi connectivity index (χ0) is 15.5. The Morgan fingerprint density at radius 3 is 2.32 bits per heavy atom. The summed E-state index contributed by atoms with van der Waals surface area (Å²) in [5.74, 6) is -0.440. The van der Waals surface area contributed by atoms with Crippen LogP contribution in [0.1, 0.15) is 5.56 Å². The van der Waals surface area contributed by atoms with Crippen LogP contribution >= 0.6 is 0 Å². The molecule has 2 aromatic rings. The zero-order valence-corrected chi connectivity index (χ0v) is 11.9. The van der Waals surface area contributed by atoms with Gasteiger partial charge in [0.15, 0.2) is 0 Å². The minimum Gasteiger partial charge on any atom is -0.497 e. The van der Waals surface area contributed by atoms with E-state index in [-0.39, 0.29) is 5.57 Å². The Morgan fingerprint density at radius 2 is 1.68 bits per heavy atom. The summed E-state index contributed by atoms with van der Waals surface area (Å²) in [5.41, 5.74) is 1.23. The lowest BCUT2D eigenvalue weighted by molar-refractivity contribution is -0.137.